The van der Waals surface area contributed by atoms with Crippen molar-refractivity contribution in [3.8, 4) is 6.07 Å². The van der Waals surface area contributed by atoms with E-state index in [1.165, 1.54) is 6.92 Å². The number of aliphatic hydroxyl groups excluding tert-OH is 1. The fraction of sp³-hybridized carbons (Fsp3) is 0.273. The summed E-state index contributed by atoms with van der Waals surface area (Å²) in [7, 11) is 0. The molecule has 0 saturated carbocycles. The number of nitrogens with zero attached hydrogens (tertiary/aromatic N) is 1. The van der Waals surface area contributed by atoms with Gasteiger partial charge in [-0.25, -0.2) is 0 Å². The molecule has 0 aliphatic rings. The van der Waals surface area contributed by atoms with Crippen molar-refractivity contribution in [1.82, 2.24) is 0 Å². The molecule has 72 valence electrons. The van der Waals surface area contributed by atoms with Gasteiger partial charge in [-0.3, -0.25) is 4.79 Å². The highest BCUT2D eigenvalue weighted by Gasteiger charge is 2.13. The normalized spacial score (nSPS) is 11.8. The van der Waals surface area contributed by atoms with Crippen LogP contribution in [-0.2, 0) is 4.79 Å². The zero-order valence-corrected chi connectivity index (χ0v) is 7.90. The second-order valence-electron chi connectivity index (χ2n) is 3.12. The van der Waals surface area contributed by atoms with Crippen molar-refractivity contribution in [2.45, 2.75) is 19.4 Å². The predicted octanol–water partition coefficient (Wildman–Crippen LogP) is 1.57. The van der Waals surface area contributed by atoms with Crippen LogP contribution in [0.4, 0.5) is 0 Å². The van der Waals surface area contributed by atoms with Gasteiger partial charge < -0.3 is 5.11 Å². The van der Waals surface area contributed by atoms with Crippen LogP contribution in [0.5, 0.6) is 0 Å². The third-order valence-electron chi connectivity index (χ3n) is 1.92. The lowest BCUT2D eigenvalue weighted by Crippen LogP contribution is -2.04. The third kappa shape index (κ3) is 2.41. The molecular weight excluding hydrogens is 178 g/mol. The summed E-state index contributed by atoms with van der Waals surface area (Å²) in [6, 6.07) is 8.72. The van der Waals surface area contributed by atoms with E-state index < -0.39 is 6.10 Å². The van der Waals surface area contributed by atoms with E-state index in [4.69, 9.17) is 5.26 Å². The molecule has 0 aromatic heterocycles. The average molecular weight is 189 g/mol. The smallest absolute Gasteiger partial charge is 0.132 e. The number of benzene rings is 1. The number of carbonyl (C=O) groups is 1. The van der Waals surface area contributed by atoms with Crippen LogP contribution in [0.15, 0.2) is 24.3 Å². The Labute approximate surface area is 82.6 Å². The predicted molar refractivity (Wildman–Crippen MR) is 51.4 cm³/mol. The molecule has 1 atom stereocenters. The van der Waals surface area contributed by atoms with E-state index in [1.807, 2.05) is 6.07 Å². The van der Waals surface area contributed by atoms with Crippen molar-refractivity contribution in [2.24, 2.45) is 0 Å². The van der Waals surface area contributed by atoms with Crippen molar-refractivity contribution in [1.29, 1.82) is 5.26 Å². The van der Waals surface area contributed by atoms with E-state index >= 15 is 0 Å². The quantitative estimate of drug-likeness (QED) is 0.785. The molecular formula is C11H11NO2. The first-order chi connectivity index (χ1) is 6.65. The highest BCUT2D eigenvalue weighted by Crippen LogP contribution is 2.20. The first-order valence-electron chi connectivity index (χ1n) is 4.31. The highest BCUT2D eigenvalue weighted by molar-refractivity contribution is 5.76. The molecule has 0 saturated heterocycles. The van der Waals surface area contributed by atoms with E-state index in [9.17, 15) is 9.90 Å². The van der Waals surface area contributed by atoms with Gasteiger partial charge in [-0.15, -0.1) is 0 Å². The van der Waals surface area contributed by atoms with Crippen LogP contribution in [0.25, 0.3) is 0 Å². The molecule has 3 nitrogen and oxygen atoms in total. The standard InChI is InChI=1S/C11H11NO2/c1-8(13)6-11(14)10-5-3-2-4-9(10)7-12/h2-5,11,14H,6H2,1H3. The summed E-state index contributed by atoms with van der Waals surface area (Å²) in [6.45, 7) is 1.41. The summed E-state index contributed by atoms with van der Waals surface area (Å²) in [4.78, 5) is 10.8. The minimum Gasteiger partial charge on any atom is -0.388 e. The molecule has 0 amide bonds. The highest BCUT2D eigenvalue weighted by atomic mass is 16.3. The van der Waals surface area contributed by atoms with E-state index in [2.05, 4.69) is 0 Å². The van der Waals surface area contributed by atoms with E-state index in [0.717, 1.165) is 0 Å². The maximum absolute atomic E-state index is 10.8. The molecule has 1 N–H and O–H groups in total. The molecule has 0 radical (unpaired) electrons. The summed E-state index contributed by atoms with van der Waals surface area (Å²) >= 11 is 0. The number of carbonyl (C=O) groups excluding carboxylic acids is 1. The van der Waals surface area contributed by atoms with Crippen LogP contribution in [0.3, 0.4) is 0 Å². The van der Waals surface area contributed by atoms with Gasteiger partial charge >= 0.3 is 0 Å². The monoisotopic (exact) mass is 189 g/mol. The Kier molecular flexibility index (Phi) is 3.38. The van der Waals surface area contributed by atoms with Gasteiger partial charge in [-0.05, 0) is 18.6 Å². The Morgan fingerprint density at radius 3 is 2.79 bits per heavy atom. The molecule has 1 rings (SSSR count). The summed E-state index contributed by atoms with van der Waals surface area (Å²) in [5.41, 5.74) is 0.937. The van der Waals surface area contributed by atoms with Crippen LogP contribution >= 0.6 is 0 Å². The summed E-state index contributed by atoms with van der Waals surface area (Å²) in [5.74, 6) is -0.0924. The number of ketones is 1. The van der Waals surface area contributed by atoms with Gasteiger partial charge in [0.05, 0.1) is 17.7 Å². The van der Waals surface area contributed by atoms with E-state index in [0.29, 0.717) is 11.1 Å². The number of hydrogen-bond donors (Lipinski definition) is 1. The van der Waals surface area contributed by atoms with Crippen LogP contribution < -0.4 is 0 Å². The fourth-order valence-corrected chi connectivity index (χ4v) is 1.27. The lowest BCUT2D eigenvalue weighted by atomic mass is 10.00. The molecule has 0 aliphatic carbocycles. The molecule has 14 heavy (non-hydrogen) atoms. The maximum atomic E-state index is 10.8. The molecule has 1 aromatic carbocycles. The summed E-state index contributed by atoms with van der Waals surface area (Å²) in [5, 5.41) is 18.4. The van der Waals surface area contributed by atoms with Crippen molar-refractivity contribution in [3.05, 3.63) is 35.4 Å². The summed E-state index contributed by atoms with van der Waals surface area (Å²) in [6.07, 6.45) is -0.818. The second kappa shape index (κ2) is 4.54. The minimum absolute atomic E-state index is 0.0543. The van der Waals surface area contributed by atoms with Gasteiger partial charge in [-0.1, -0.05) is 18.2 Å². The van der Waals surface area contributed by atoms with Crippen molar-refractivity contribution in [3.63, 3.8) is 0 Å². The van der Waals surface area contributed by atoms with Gasteiger partial charge in [0.1, 0.15) is 5.78 Å². The number of rotatable bonds is 3. The van der Waals surface area contributed by atoms with E-state index in [-0.39, 0.29) is 12.2 Å². The molecule has 0 fully saturated rings. The first kappa shape index (κ1) is 10.4. The van der Waals surface area contributed by atoms with Crippen molar-refractivity contribution in [2.75, 3.05) is 0 Å². The Morgan fingerprint density at radius 2 is 2.21 bits per heavy atom. The van der Waals surface area contributed by atoms with Crippen LogP contribution in [0.1, 0.15) is 30.6 Å². The molecule has 0 aliphatic heterocycles. The van der Waals surface area contributed by atoms with Crippen molar-refractivity contribution >= 4 is 5.78 Å². The molecule has 0 bridgehead atoms. The lowest BCUT2D eigenvalue weighted by Gasteiger charge is -2.09. The number of Topliss-reactive ketones (excluding diaryl/α,β-unsaturated/α-hetero) is 1. The Balaban J connectivity index is 2.95. The van der Waals surface area contributed by atoms with Gasteiger partial charge in [0.15, 0.2) is 0 Å². The zero-order chi connectivity index (χ0) is 10.6. The van der Waals surface area contributed by atoms with Crippen LogP contribution in [0, 0.1) is 11.3 Å². The van der Waals surface area contributed by atoms with Crippen LogP contribution in [0.2, 0.25) is 0 Å². The fourth-order valence-electron chi connectivity index (χ4n) is 1.27. The molecule has 0 heterocycles. The van der Waals surface area contributed by atoms with Gasteiger partial charge in [0, 0.05) is 6.42 Å². The second-order valence-corrected chi connectivity index (χ2v) is 3.12. The Hall–Kier alpha value is -1.66. The van der Waals surface area contributed by atoms with Gasteiger partial charge in [0.2, 0.25) is 0 Å². The average Bonchev–Trinajstić information content (AvgIpc) is 2.16. The van der Waals surface area contributed by atoms with Gasteiger partial charge in [-0.2, -0.15) is 5.26 Å². The molecule has 1 unspecified atom stereocenters. The Bertz CT molecular complexity index is 379. The third-order valence-corrected chi connectivity index (χ3v) is 1.92. The van der Waals surface area contributed by atoms with Gasteiger partial charge in [0.25, 0.3) is 0 Å². The Morgan fingerprint density at radius 1 is 1.57 bits per heavy atom. The zero-order valence-electron chi connectivity index (χ0n) is 7.90. The van der Waals surface area contributed by atoms with Crippen molar-refractivity contribution < 1.29 is 9.90 Å². The minimum atomic E-state index is -0.872. The SMILES string of the molecule is CC(=O)CC(O)c1ccccc1C#N. The molecule has 1 aromatic rings. The number of nitriles is 1. The molecule has 3 heteroatoms. The van der Waals surface area contributed by atoms with Crippen LogP contribution in [-0.4, -0.2) is 10.9 Å². The number of aliphatic hydroxyl groups is 1. The largest absolute Gasteiger partial charge is 0.388 e. The number of hydrogen-bond acceptors (Lipinski definition) is 3. The first-order valence-corrected chi connectivity index (χ1v) is 4.31. The van der Waals surface area contributed by atoms with E-state index in [1.54, 1.807) is 24.3 Å². The molecule has 0 spiro atoms. The summed E-state index contributed by atoms with van der Waals surface area (Å²) < 4.78 is 0. The maximum Gasteiger partial charge on any atom is 0.132 e. The topological polar surface area (TPSA) is 61.1 Å². The lowest BCUT2D eigenvalue weighted by molar-refractivity contribution is -0.118.